The second kappa shape index (κ2) is 6.17. The molecule has 0 radical (unpaired) electrons. The van der Waals surface area contributed by atoms with Crippen molar-refractivity contribution < 1.29 is 18.3 Å². The van der Waals surface area contributed by atoms with Gasteiger partial charge in [-0.1, -0.05) is 0 Å². The van der Waals surface area contributed by atoms with Gasteiger partial charge < -0.3 is 9.30 Å². The number of nitrogens with zero attached hydrogens (tertiary/aromatic N) is 2. The van der Waals surface area contributed by atoms with Gasteiger partial charge in [0.15, 0.2) is 11.6 Å². The largest absolute Gasteiger partial charge is 0.465 e. The van der Waals surface area contributed by atoms with Gasteiger partial charge in [-0.3, -0.25) is 4.79 Å². The molecule has 0 spiro atoms. The third-order valence-corrected chi connectivity index (χ3v) is 2.98. The van der Waals surface area contributed by atoms with Crippen molar-refractivity contribution in [3.05, 3.63) is 29.6 Å². The summed E-state index contributed by atoms with van der Waals surface area (Å²) in [5.74, 6) is -1.87. The predicted molar refractivity (Wildman–Crippen MR) is 70.7 cm³/mol. The van der Waals surface area contributed by atoms with Crippen LogP contribution < -0.4 is 0 Å². The number of ether oxygens (including phenoxy) is 1. The van der Waals surface area contributed by atoms with E-state index < -0.39 is 17.6 Å². The second-order valence-corrected chi connectivity index (χ2v) is 4.47. The maximum Gasteiger partial charge on any atom is 0.326 e. The number of aromatic nitrogens is 2. The number of alkyl halides is 1. The van der Waals surface area contributed by atoms with Gasteiger partial charge in [0, 0.05) is 12.3 Å². The maximum atomic E-state index is 13.9. The summed E-state index contributed by atoms with van der Waals surface area (Å²) in [6.07, 6.45) is 0.344. The number of fused-ring (bicyclic) bond motifs is 1. The lowest BCUT2D eigenvalue weighted by atomic mass is 10.3. The van der Waals surface area contributed by atoms with E-state index in [0.29, 0.717) is 12.2 Å². The fourth-order valence-corrected chi connectivity index (χ4v) is 2.16. The molecular formula is C13H13ClF2N2O2. The zero-order valence-corrected chi connectivity index (χ0v) is 11.6. The third-order valence-electron chi connectivity index (χ3n) is 2.79. The van der Waals surface area contributed by atoms with Gasteiger partial charge in [0.1, 0.15) is 17.9 Å². The fraction of sp³-hybridized carbons (Fsp3) is 0.385. The van der Waals surface area contributed by atoms with Crippen LogP contribution in [-0.4, -0.2) is 28.0 Å². The van der Waals surface area contributed by atoms with E-state index in [2.05, 4.69) is 4.98 Å². The standard InChI is InChI=1S/C13H13ClF2N2O2/c1-2-20-11(19)7-18-10(5-6-14)17-9-4-3-8(15)12(16)13(9)18/h3-4H,2,5-7H2,1H3. The van der Waals surface area contributed by atoms with Gasteiger partial charge in [-0.15, -0.1) is 11.6 Å². The normalized spacial score (nSPS) is 11.0. The molecule has 0 fully saturated rings. The number of imidazole rings is 1. The molecular weight excluding hydrogens is 290 g/mol. The number of benzene rings is 1. The van der Waals surface area contributed by atoms with Crippen LogP contribution in [0.5, 0.6) is 0 Å². The highest BCUT2D eigenvalue weighted by atomic mass is 35.5. The third kappa shape index (κ3) is 2.75. The highest BCUT2D eigenvalue weighted by molar-refractivity contribution is 6.17. The summed E-state index contributed by atoms with van der Waals surface area (Å²) in [7, 11) is 0. The lowest BCUT2D eigenvalue weighted by molar-refractivity contribution is -0.143. The number of carbonyl (C=O) groups is 1. The SMILES string of the molecule is CCOC(=O)Cn1c(CCCl)nc2ccc(F)c(F)c21. The molecule has 0 unspecified atom stereocenters. The van der Waals surface area contributed by atoms with Crippen molar-refractivity contribution in [2.24, 2.45) is 0 Å². The van der Waals surface area contributed by atoms with Crippen molar-refractivity contribution in [1.29, 1.82) is 0 Å². The first-order valence-corrected chi connectivity index (χ1v) is 6.66. The Hall–Kier alpha value is -1.69. The molecule has 0 bridgehead atoms. The van der Waals surface area contributed by atoms with Crippen molar-refractivity contribution in [1.82, 2.24) is 9.55 Å². The first-order chi connectivity index (χ1) is 9.58. The van der Waals surface area contributed by atoms with Crippen molar-refractivity contribution in [2.45, 2.75) is 19.9 Å². The van der Waals surface area contributed by atoms with E-state index in [1.807, 2.05) is 0 Å². The Morgan fingerprint density at radius 3 is 2.85 bits per heavy atom. The average Bonchev–Trinajstić information content (AvgIpc) is 2.74. The molecule has 108 valence electrons. The molecule has 2 aromatic rings. The molecule has 1 aromatic heterocycles. The molecule has 2 rings (SSSR count). The first-order valence-electron chi connectivity index (χ1n) is 6.13. The van der Waals surface area contributed by atoms with E-state index in [1.165, 1.54) is 10.6 Å². The predicted octanol–water partition coefficient (Wildman–Crippen LogP) is 2.66. The Bertz CT molecular complexity index is 643. The molecule has 0 amide bonds. The van der Waals surface area contributed by atoms with Crippen molar-refractivity contribution >= 4 is 28.6 Å². The van der Waals surface area contributed by atoms with Crippen molar-refractivity contribution in [3.8, 4) is 0 Å². The van der Waals surface area contributed by atoms with Crippen LogP contribution in [0.25, 0.3) is 11.0 Å². The Morgan fingerprint density at radius 1 is 1.45 bits per heavy atom. The van der Waals surface area contributed by atoms with Crippen LogP contribution in [0.15, 0.2) is 12.1 Å². The fourth-order valence-electron chi connectivity index (χ4n) is 1.99. The Balaban J connectivity index is 2.54. The molecule has 7 heteroatoms. The maximum absolute atomic E-state index is 13.9. The summed E-state index contributed by atoms with van der Waals surface area (Å²) in [6.45, 7) is 1.66. The first kappa shape index (κ1) is 14.7. The number of halogens is 3. The molecule has 0 atom stereocenters. The minimum Gasteiger partial charge on any atom is -0.465 e. The summed E-state index contributed by atoms with van der Waals surface area (Å²) in [6, 6.07) is 2.37. The molecule has 1 aromatic carbocycles. The van der Waals surface area contributed by atoms with Crippen LogP contribution >= 0.6 is 11.6 Å². The molecule has 1 heterocycles. The zero-order valence-electron chi connectivity index (χ0n) is 10.8. The van der Waals surface area contributed by atoms with E-state index in [4.69, 9.17) is 16.3 Å². The number of esters is 1. The molecule has 20 heavy (non-hydrogen) atoms. The van der Waals surface area contributed by atoms with Crippen LogP contribution in [0.4, 0.5) is 8.78 Å². The molecule has 0 aliphatic heterocycles. The lowest BCUT2D eigenvalue weighted by Gasteiger charge is -2.08. The number of hydrogen-bond acceptors (Lipinski definition) is 3. The summed E-state index contributed by atoms with van der Waals surface area (Å²) in [5, 5.41) is 0. The van der Waals surface area contributed by atoms with Crippen molar-refractivity contribution in [3.63, 3.8) is 0 Å². The minimum absolute atomic E-state index is 0.0434. The van der Waals surface area contributed by atoms with Gasteiger partial charge in [0.2, 0.25) is 0 Å². The van der Waals surface area contributed by atoms with E-state index in [9.17, 15) is 13.6 Å². The molecule has 0 aliphatic rings. The van der Waals surface area contributed by atoms with Gasteiger partial charge in [-0.2, -0.15) is 0 Å². The minimum atomic E-state index is -1.03. The number of carbonyl (C=O) groups excluding carboxylic acids is 1. The summed E-state index contributed by atoms with van der Waals surface area (Å²) in [5.41, 5.74) is 0.242. The summed E-state index contributed by atoms with van der Waals surface area (Å²) in [4.78, 5) is 15.8. The van der Waals surface area contributed by atoms with E-state index in [-0.39, 0.29) is 30.1 Å². The topological polar surface area (TPSA) is 44.1 Å². The number of aryl methyl sites for hydroxylation is 1. The number of hydrogen-bond donors (Lipinski definition) is 0. The Morgan fingerprint density at radius 2 is 2.20 bits per heavy atom. The van der Waals surface area contributed by atoms with Gasteiger partial charge in [0.25, 0.3) is 0 Å². The van der Waals surface area contributed by atoms with Crippen LogP contribution in [0.2, 0.25) is 0 Å². The lowest BCUT2D eigenvalue weighted by Crippen LogP contribution is -2.16. The van der Waals surface area contributed by atoms with Crippen LogP contribution in [-0.2, 0) is 22.5 Å². The molecule has 0 saturated carbocycles. The van der Waals surface area contributed by atoms with Gasteiger partial charge in [0.05, 0.1) is 12.1 Å². The van der Waals surface area contributed by atoms with Crippen LogP contribution in [0.3, 0.4) is 0 Å². The average molecular weight is 303 g/mol. The smallest absolute Gasteiger partial charge is 0.326 e. The summed E-state index contributed by atoms with van der Waals surface area (Å²) >= 11 is 5.67. The van der Waals surface area contributed by atoms with Gasteiger partial charge in [-0.25, -0.2) is 13.8 Å². The monoisotopic (exact) mass is 302 g/mol. The van der Waals surface area contributed by atoms with Crippen molar-refractivity contribution in [2.75, 3.05) is 12.5 Å². The molecule has 0 aliphatic carbocycles. The molecule has 4 nitrogen and oxygen atoms in total. The summed E-state index contributed by atoms with van der Waals surface area (Å²) < 4.78 is 33.4. The van der Waals surface area contributed by atoms with Gasteiger partial charge in [-0.05, 0) is 19.1 Å². The second-order valence-electron chi connectivity index (χ2n) is 4.09. The van der Waals surface area contributed by atoms with Gasteiger partial charge >= 0.3 is 5.97 Å². The van der Waals surface area contributed by atoms with E-state index >= 15 is 0 Å². The van der Waals surface area contributed by atoms with E-state index in [0.717, 1.165) is 6.07 Å². The molecule has 0 N–H and O–H groups in total. The zero-order chi connectivity index (χ0) is 14.7. The van der Waals surface area contributed by atoms with E-state index in [1.54, 1.807) is 6.92 Å². The quantitative estimate of drug-likeness (QED) is 0.630. The highest BCUT2D eigenvalue weighted by Gasteiger charge is 2.19. The highest BCUT2D eigenvalue weighted by Crippen LogP contribution is 2.22. The molecule has 0 saturated heterocycles. The van der Waals surface area contributed by atoms with Crippen LogP contribution in [0.1, 0.15) is 12.7 Å². The Labute approximate surface area is 119 Å². The Kier molecular flexibility index (Phi) is 4.54. The van der Waals surface area contributed by atoms with Crippen LogP contribution in [0, 0.1) is 11.6 Å². The number of rotatable bonds is 5.